The van der Waals surface area contributed by atoms with Crippen LogP contribution in [0.15, 0.2) is 23.1 Å². The molecule has 0 bridgehead atoms. The Morgan fingerprint density at radius 3 is 2.73 bits per heavy atom. The van der Waals surface area contributed by atoms with Crippen LogP contribution < -0.4 is 0 Å². The standard InChI is InChI=1S/C11H12F2OS/c1-8(14)3-2-6-15-11-5-4-9(12)7-10(11)13/h4-5,7H,2-3,6H2,1H3. The van der Waals surface area contributed by atoms with Crippen LogP contribution in [0.25, 0.3) is 0 Å². The van der Waals surface area contributed by atoms with Crippen molar-refractivity contribution in [2.24, 2.45) is 0 Å². The van der Waals surface area contributed by atoms with Crippen molar-refractivity contribution in [3.05, 3.63) is 29.8 Å². The van der Waals surface area contributed by atoms with E-state index in [0.717, 1.165) is 12.5 Å². The van der Waals surface area contributed by atoms with Crippen LogP contribution in [0.2, 0.25) is 0 Å². The van der Waals surface area contributed by atoms with Gasteiger partial charge in [-0.1, -0.05) is 0 Å². The summed E-state index contributed by atoms with van der Waals surface area (Å²) >= 11 is 1.30. The Labute approximate surface area is 91.9 Å². The summed E-state index contributed by atoms with van der Waals surface area (Å²) in [6.07, 6.45) is 1.23. The summed E-state index contributed by atoms with van der Waals surface area (Å²) in [5, 5.41) is 0. The van der Waals surface area contributed by atoms with Crippen LogP contribution in [0.3, 0.4) is 0 Å². The summed E-state index contributed by atoms with van der Waals surface area (Å²) in [6.45, 7) is 1.53. The number of carbonyl (C=O) groups is 1. The molecule has 0 unspecified atom stereocenters. The molecule has 1 rings (SSSR count). The molecule has 4 heteroatoms. The Kier molecular flexibility index (Phi) is 4.75. The second kappa shape index (κ2) is 5.85. The van der Waals surface area contributed by atoms with E-state index in [0.29, 0.717) is 17.1 Å². The number of rotatable bonds is 5. The first-order chi connectivity index (χ1) is 7.09. The normalized spacial score (nSPS) is 10.3. The molecule has 1 aromatic rings. The van der Waals surface area contributed by atoms with Gasteiger partial charge in [0.25, 0.3) is 0 Å². The van der Waals surface area contributed by atoms with Gasteiger partial charge in [-0.2, -0.15) is 0 Å². The second-order valence-electron chi connectivity index (χ2n) is 3.23. The molecule has 0 fully saturated rings. The summed E-state index contributed by atoms with van der Waals surface area (Å²) in [6, 6.07) is 3.52. The third-order valence-electron chi connectivity index (χ3n) is 1.82. The number of benzene rings is 1. The number of thioether (sulfide) groups is 1. The van der Waals surface area contributed by atoms with Crippen molar-refractivity contribution in [2.45, 2.75) is 24.7 Å². The Morgan fingerprint density at radius 1 is 1.40 bits per heavy atom. The quantitative estimate of drug-likeness (QED) is 0.569. The maximum atomic E-state index is 13.1. The molecule has 0 N–H and O–H groups in total. The minimum atomic E-state index is -0.569. The van der Waals surface area contributed by atoms with Crippen molar-refractivity contribution in [1.82, 2.24) is 0 Å². The van der Waals surface area contributed by atoms with Crippen molar-refractivity contribution in [3.8, 4) is 0 Å². The van der Waals surface area contributed by atoms with E-state index in [1.54, 1.807) is 0 Å². The van der Waals surface area contributed by atoms with Crippen LogP contribution in [0.4, 0.5) is 8.78 Å². The lowest BCUT2D eigenvalue weighted by molar-refractivity contribution is -0.117. The molecule has 0 aliphatic carbocycles. The zero-order chi connectivity index (χ0) is 11.3. The monoisotopic (exact) mass is 230 g/mol. The fourth-order valence-corrected chi connectivity index (χ4v) is 1.97. The van der Waals surface area contributed by atoms with Gasteiger partial charge in [-0.3, -0.25) is 0 Å². The third kappa shape index (κ3) is 4.42. The maximum Gasteiger partial charge on any atom is 0.139 e. The fourth-order valence-electron chi connectivity index (χ4n) is 1.10. The topological polar surface area (TPSA) is 17.1 Å². The Balaban J connectivity index is 2.40. The van der Waals surface area contributed by atoms with Crippen molar-refractivity contribution < 1.29 is 13.6 Å². The molecule has 0 saturated carbocycles. The molecule has 15 heavy (non-hydrogen) atoms. The summed E-state index contributed by atoms with van der Waals surface area (Å²) in [4.78, 5) is 11.1. The molecule has 1 nitrogen and oxygen atoms in total. The molecule has 0 atom stereocenters. The van der Waals surface area contributed by atoms with E-state index in [4.69, 9.17) is 0 Å². The molecule has 82 valence electrons. The molecule has 1 aromatic carbocycles. The van der Waals surface area contributed by atoms with E-state index < -0.39 is 11.6 Å². The van der Waals surface area contributed by atoms with Gasteiger partial charge < -0.3 is 4.79 Å². The highest BCUT2D eigenvalue weighted by molar-refractivity contribution is 7.99. The van der Waals surface area contributed by atoms with E-state index in [9.17, 15) is 13.6 Å². The van der Waals surface area contributed by atoms with Gasteiger partial charge in [0.1, 0.15) is 17.4 Å². The summed E-state index contributed by atoms with van der Waals surface area (Å²) in [5.41, 5.74) is 0. The van der Waals surface area contributed by atoms with E-state index in [1.807, 2.05) is 0 Å². The van der Waals surface area contributed by atoms with Crippen molar-refractivity contribution in [2.75, 3.05) is 5.75 Å². The van der Waals surface area contributed by atoms with Crippen LogP contribution in [0.1, 0.15) is 19.8 Å². The lowest BCUT2D eigenvalue weighted by atomic mass is 10.3. The molecule has 0 aliphatic rings. The average molecular weight is 230 g/mol. The van der Waals surface area contributed by atoms with E-state index in [1.165, 1.54) is 30.8 Å². The van der Waals surface area contributed by atoms with Gasteiger partial charge in [0.05, 0.1) is 0 Å². The molecule has 0 heterocycles. The largest absolute Gasteiger partial charge is 0.300 e. The van der Waals surface area contributed by atoms with Crippen molar-refractivity contribution in [1.29, 1.82) is 0 Å². The molecule has 0 saturated heterocycles. The number of hydrogen-bond donors (Lipinski definition) is 0. The van der Waals surface area contributed by atoms with Gasteiger partial charge in [-0.25, -0.2) is 8.78 Å². The van der Waals surface area contributed by atoms with Gasteiger partial charge in [-0.15, -0.1) is 11.8 Å². The molecule has 0 aromatic heterocycles. The minimum Gasteiger partial charge on any atom is -0.300 e. The van der Waals surface area contributed by atoms with Crippen LogP contribution >= 0.6 is 11.8 Å². The summed E-state index contributed by atoms with van der Waals surface area (Å²) in [5.74, 6) is -0.305. The smallest absolute Gasteiger partial charge is 0.139 e. The Bertz CT molecular complexity index is 352. The first-order valence-electron chi connectivity index (χ1n) is 4.67. The second-order valence-corrected chi connectivity index (χ2v) is 4.37. The number of hydrogen-bond acceptors (Lipinski definition) is 2. The van der Waals surface area contributed by atoms with Gasteiger partial charge >= 0.3 is 0 Å². The highest BCUT2D eigenvalue weighted by atomic mass is 32.2. The highest BCUT2D eigenvalue weighted by Crippen LogP contribution is 2.23. The predicted molar refractivity (Wildman–Crippen MR) is 57.0 cm³/mol. The van der Waals surface area contributed by atoms with Gasteiger partial charge in [0.2, 0.25) is 0 Å². The SMILES string of the molecule is CC(=O)CCCSc1ccc(F)cc1F. The fraction of sp³-hybridized carbons (Fsp3) is 0.364. The van der Waals surface area contributed by atoms with E-state index >= 15 is 0 Å². The van der Waals surface area contributed by atoms with E-state index in [-0.39, 0.29) is 5.78 Å². The van der Waals surface area contributed by atoms with Crippen LogP contribution in [0, 0.1) is 11.6 Å². The van der Waals surface area contributed by atoms with Crippen LogP contribution in [0.5, 0.6) is 0 Å². The van der Waals surface area contributed by atoms with Crippen LogP contribution in [-0.4, -0.2) is 11.5 Å². The van der Waals surface area contributed by atoms with Gasteiger partial charge in [0, 0.05) is 17.4 Å². The van der Waals surface area contributed by atoms with Crippen LogP contribution in [-0.2, 0) is 4.79 Å². The molecular formula is C11H12F2OS. The first-order valence-corrected chi connectivity index (χ1v) is 5.65. The third-order valence-corrected chi connectivity index (χ3v) is 2.96. The van der Waals surface area contributed by atoms with Gasteiger partial charge in [0.15, 0.2) is 0 Å². The number of Topliss-reactive ketones (excluding diaryl/α,β-unsaturated/α-hetero) is 1. The average Bonchev–Trinajstić information content (AvgIpc) is 2.14. The first kappa shape index (κ1) is 12.2. The summed E-state index contributed by atoms with van der Waals surface area (Å²) < 4.78 is 25.7. The molecule has 0 aliphatic heterocycles. The number of ketones is 1. The number of carbonyl (C=O) groups excluding carboxylic acids is 1. The highest BCUT2D eigenvalue weighted by Gasteiger charge is 2.04. The maximum absolute atomic E-state index is 13.1. The Hall–Kier alpha value is -0.900. The van der Waals surface area contributed by atoms with Crippen molar-refractivity contribution in [3.63, 3.8) is 0 Å². The molecule has 0 amide bonds. The van der Waals surface area contributed by atoms with Gasteiger partial charge in [-0.05, 0) is 31.2 Å². The molecular weight excluding hydrogens is 218 g/mol. The number of halogens is 2. The molecule has 0 radical (unpaired) electrons. The van der Waals surface area contributed by atoms with E-state index in [2.05, 4.69) is 0 Å². The molecule has 0 spiro atoms. The predicted octanol–water partition coefficient (Wildman–Crippen LogP) is 3.43. The zero-order valence-corrected chi connectivity index (χ0v) is 9.24. The Morgan fingerprint density at radius 2 is 2.13 bits per heavy atom. The minimum absolute atomic E-state index is 0.134. The summed E-state index contributed by atoms with van der Waals surface area (Å²) in [7, 11) is 0. The van der Waals surface area contributed by atoms with Crippen molar-refractivity contribution >= 4 is 17.5 Å². The lowest BCUT2D eigenvalue weighted by Crippen LogP contribution is -1.91. The lowest BCUT2D eigenvalue weighted by Gasteiger charge is -2.02. The zero-order valence-electron chi connectivity index (χ0n) is 8.43.